The highest BCUT2D eigenvalue weighted by atomic mass is 16.4. The molecule has 0 aromatic carbocycles. The van der Waals surface area contributed by atoms with Crippen LogP contribution in [0.1, 0.15) is 24.3 Å². The predicted molar refractivity (Wildman–Crippen MR) is 59.9 cm³/mol. The summed E-state index contributed by atoms with van der Waals surface area (Å²) in [4.78, 5) is 27.4. The topological polar surface area (TPSA) is 95.7 Å². The number of hydrogen-bond donors (Lipinski definition) is 2. The van der Waals surface area contributed by atoms with Gasteiger partial charge in [0.2, 0.25) is 5.91 Å². The van der Waals surface area contributed by atoms with Gasteiger partial charge in [0.05, 0.1) is 6.54 Å². The molecule has 0 saturated carbocycles. The van der Waals surface area contributed by atoms with Crippen molar-refractivity contribution in [2.24, 2.45) is 0 Å². The molecule has 94 valence electrons. The molecule has 0 radical (unpaired) electrons. The number of nitrogens with zero attached hydrogens (tertiary/aromatic N) is 2. The van der Waals surface area contributed by atoms with Gasteiger partial charge in [-0.25, -0.2) is 4.79 Å². The highest BCUT2D eigenvalue weighted by Gasteiger charge is 2.13. The fourth-order valence-corrected chi connectivity index (χ4v) is 1.29. The Hall–Kier alpha value is -2.05. The van der Waals surface area contributed by atoms with Crippen LogP contribution in [0, 0.1) is 0 Å². The van der Waals surface area contributed by atoms with Crippen LogP contribution in [0.15, 0.2) is 10.7 Å². The lowest BCUT2D eigenvalue weighted by atomic mass is 10.4. The molecule has 0 saturated heterocycles. The van der Waals surface area contributed by atoms with Crippen molar-refractivity contribution in [3.8, 4) is 0 Å². The molecule has 1 rings (SSSR count). The zero-order valence-electron chi connectivity index (χ0n) is 9.77. The van der Waals surface area contributed by atoms with Gasteiger partial charge in [0.25, 0.3) is 6.01 Å². The van der Waals surface area contributed by atoms with Gasteiger partial charge in [-0.15, -0.1) is 0 Å². The van der Waals surface area contributed by atoms with Crippen LogP contribution in [0.2, 0.25) is 0 Å². The van der Waals surface area contributed by atoms with Crippen LogP contribution in [0.4, 0.5) is 6.01 Å². The van der Waals surface area contributed by atoms with E-state index in [2.05, 4.69) is 10.3 Å². The quantitative estimate of drug-likeness (QED) is 0.759. The van der Waals surface area contributed by atoms with Gasteiger partial charge in [0.1, 0.15) is 6.26 Å². The monoisotopic (exact) mass is 241 g/mol. The molecule has 7 heteroatoms. The molecule has 1 aromatic heterocycles. The molecule has 0 spiro atoms. The van der Waals surface area contributed by atoms with Gasteiger partial charge < -0.3 is 19.7 Å². The Morgan fingerprint density at radius 2 is 2.12 bits per heavy atom. The Balaban J connectivity index is 2.49. The molecule has 7 nitrogen and oxygen atoms in total. The van der Waals surface area contributed by atoms with Crippen molar-refractivity contribution in [1.82, 2.24) is 9.88 Å². The van der Waals surface area contributed by atoms with Gasteiger partial charge >= 0.3 is 5.97 Å². The van der Waals surface area contributed by atoms with Crippen LogP contribution in [0.5, 0.6) is 0 Å². The van der Waals surface area contributed by atoms with E-state index < -0.39 is 5.97 Å². The van der Waals surface area contributed by atoms with E-state index in [9.17, 15) is 9.59 Å². The summed E-state index contributed by atoms with van der Waals surface area (Å²) in [5.74, 6) is -1.26. The molecule has 2 N–H and O–H groups in total. The average Bonchev–Trinajstić information content (AvgIpc) is 2.76. The van der Waals surface area contributed by atoms with Crippen molar-refractivity contribution in [1.29, 1.82) is 0 Å². The SMILES string of the molecule is CCN(CC)C(=O)CNc1nc(C(=O)O)co1. The maximum absolute atomic E-state index is 11.6. The summed E-state index contributed by atoms with van der Waals surface area (Å²) in [7, 11) is 0. The number of hydrogen-bond acceptors (Lipinski definition) is 5. The number of nitrogens with one attached hydrogen (secondary N) is 1. The fraction of sp³-hybridized carbons (Fsp3) is 0.500. The van der Waals surface area contributed by atoms with E-state index in [1.165, 1.54) is 0 Å². The van der Waals surface area contributed by atoms with Crippen molar-refractivity contribution < 1.29 is 19.1 Å². The molecular weight excluding hydrogens is 226 g/mol. The van der Waals surface area contributed by atoms with E-state index in [0.717, 1.165) is 6.26 Å². The predicted octanol–water partition coefficient (Wildman–Crippen LogP) is 0.653. The summed E-state index contributed by atoms with van der Waals surface area (Å²) in [5.41, 5.74) is -0.192. The number of rotatable bonds is 6. The number of oxazole rings is 1. The first-order valence-corrected chi connectivity index (χ1v) is 5.28. The summed E-state index contributed by atoms with van der Waals surface area (Å²) in [6, 6.07) is 0.0305. The first-order valence-electron chi connectivity index (χ1n) is 5.28. The van der Waals surface area contributed by atoms with Crippen molar-refractivity contribution >= 4 is 17.9 Å². The van der Waals surface area contributed by atoms with Crippen LogP contribution in [-0.2, 0) is 4.79 Å². The summed E-state index contributed by atoms with van der Waals surface area (Å²) >= 11 is 0. The molecule has 0 bridgehead atoms. The van der Waals surface area contributed by atoms with Crippen molar-refractivity contribution in [2.45, 2.75) is 13.8 Å². The van der Waals surface area contributed by atoms with Crippen molar-refractivity contribution in [3.63, 3.8) is 0 Å². The summed E-state index contributed by atoms with van der Waals surface area (Å²) in [6.07, 6.45) is 1.02. The number of carboxylic acids is 1. The second-order valence-electron chi connectivity index (χ2n) is 3.26. The Morgan fingerprint density at radius 1 is 1.47 bits per heavy atom. The molecule has 0 aliphatic rings. The third-order valence-electron chi connectivity index (χ3n) is 2.23. The number of carbonyl (C=O) groups excluding carboxylic acids is 1. The number of anilines is 1. The normalized spacial score (nSPS) is 10.0. The highest BCUT2D eigenvalue weighted by molar-refractivity contribution is 5.85. The lowest BCUT2D eigenvalue weighted by Gasteiger charge is -2.18. The van der Waals surface area contributed by atoms with E-state index >= 15 is 0 Å². The van der Waals surface area contributed by atoms with Crippen LogP contribution < -0.4 is 5.32 Å². The van der Waals surface area contributed by atoms with Crippen molar-refractivity contribution in [2.75, 3.05) is 25.0 Å². The van der Waals surface area contributed by atoms with Crippen LogP contribution in [0.25, 0.3) is 0 Å². The molecule has 0 aliphatic carbocycles. The first kappa shape index (κ1) is 13.0. The second kappa shape index (κ2) is 5.88. The van der Waals surface area contributed by atoms with E-state index in [1.807, 2.05) is 13.8 Å². The molecule has 0 unspecified atom stereocenters. The maximum atomic E-state index is 11.6. The highest BCUT2D eigenvalue weighted by Crippen LogP contribution is 2.06. The first-order chi connectivity index (χ1) is 8.08. The third-order valence-corrected chi connectivity index (χ3v) is 2.23. The second-order valence-corrected chi connectivity index (χ2v) is 3.26. The molecule has 0 atom stereocenters. The molecular formula is C10H15N3O4. The van der Waals surface area contributed by atoms with Crippen LogP contribution in [-0.4, -0.2) is 46.5 Å². The number of likely N-dealkylation sites (N-methyl/N-ethyl adjacent to an activating group) is 1. The molecule has 17 heavy (non-hydrogen) atoms. The fourth-order valence-electron chi connectivity index (χ4n) is 1.29. The van der Waals surface area contributed by atoms with Gasteiger partial charge in [-0.2, -0.15) is 4.98 Å². The third kappa shape index (κ3) is 3.47. The summed E-state index contributed by atoms with van der Waals surface area (Å²) in [5, 5.41) is 11.3. The van der Waals surface area contributed by atoms with E-state index in [0.29, 0.717) is 13.1 Å². The van der Waals surface area contributed by atoms with Gasteiger partial charge in [-0.05, 0) is 13.8 Å². The Bertz CT molecular complexity index is 398. The zero-order chi connectivity index (χ0) is 12.8. The lowest BCUT2D eigenvalue weighted by Crippen LogP contribution is -2.35. The number of carbonyl (C=O) groups is 2. The molecule has 1 aromatic rings. The lowest BCUT2D eigenvalue weighted by molar-refractivity contribution is -0.128. The minimum atomic E-state index is -1.17. The van der Waals surface area contributed by atoms with E-state index in [-0.39, 0.29) is 24.2 Å². The maximum Gasteiger partial charge on any atom is 0.357 e. The van der Waals surface area contributed by atoms with Crippen molar-refractivity contribution in [3.05, 3.63) is 12.0 Å². The van der Waals surface area contributed by atoms with Gasteiger partial charge in [0, 0.05) is 13.1 Å². The number of aromatic nitrogens is 1. The molecule has 1 amide bonds. The minimum Gasteiger partial charge on any atom is -0.476 e. The molecule has 1 heterocycles. The smallest absolute Gasteiger partial charge is 0.357 e. The van der Waals surface area contributed by atoms with Gasteiger partial charge in [-0.3, -0.25) is 4.79 Å². The van der Waals surface area contributed by atoms with E-state index in [1.54, 1.807) is 4.90 Å². The van der Waals surface area contributed by atoms with Crippen LogP contribution >= 0.6 is 0 Å². The molecule has 0 aliphatic heterocycles. The zero-order valence-corrected chi connectivity index (χ0v) is 9.77. The average molecular weight is 241 g/mol. The van der Waals surface area contributed by atoms with E-state index in [4.69, 9.17) is 9.52 Å². The molecule has 0 fully saturated rings. The van der Waals surface area contributed by atoms with Gasteiger partial charge in [0.15, 0.2) is 5.69 Å². The van der Waals surface area contributed by atoms with Gasteiger partial charge in [-0.1, -0.05) is 0 Å². The Labute approximate surface area is 98.4 Å². The standard InChI is InChI=1S/C10H15N3O4/c1-3-13(4-2)8(14)5-11-10-12-7(6-17-10)9(15)16/h6H,3-5H2,1-2H3,(H,11,12)(H,15,16). The number of aromatic carboxylic acids is 1. The number of amides is 1. The number of carboxylic acid groups (broad SMARTS) is 1. The summed E-state index contributed by atoms with van der Waals surface area (Å²) in [6.45, 7) is 5.05. The van der Waals surface area contributed by atoms with Crippen LogP contribution in [0.3, 0.4) is 0 Å². The minimum absolute atomic E-state index is 0.0290. The Morgan fingerprint density at radius 3 is 2.59 bits per heavy atom. The Kier molecular flexibility index (Phi) is 4.50. The largest absolute Gasteiger partial charge is 0.476 e. The summed E-state index contributed by atoms with van der Waals surface area (Å²) < 4.78 is 4.85.